The lowest BCUT2D eigenvalue weighted by Gasteiger charge is -2.22. The second kappa shape index (κ2) is 13.8. The molecule has 1 fully saturated rings. The molecule has 2 N–H and O–H groups in total. The number of hydrogen-bond donors (Lipinski definition) is 2. The summed E-state index contributed by atoms with van der Waals surface area (Å²) in [6.07, 6.45) is 4.92. The highest BCUT2D eigenvalue weighted by molar-refractivity contribution is 14.0. The molecule has 1 saturated heterocycles. The van der Waals surface area contributed by atoms with Gasteiger partial charge in [-0.05, 0) is 42.0 Å². The summed E-state index contributed by atoms with van der Waals surface area (Å²) in [5.41, 5.74) is 3.52. The van der Waals surface area contributed by atoms with Crippen LogP contribution in [0.15, 0.2) is 47.6 Å². The van der Waals surface area contributed by atoms with Crippen LogP contribution >= 0.6 is 35.6 Å². The number of pyridine rings is 1. The van der Waals surface area contributed by atoms with Gasteiger partial charge in [-0.25, -0.2) is 4.98 Å². The number of aliphatic imine (C=N–C) groups is 1. The van der Waals surface area contributed by atoms with Gasteiger partial charge >= 0.3 is 0 Å². The number of aromatic nitrogens is 1. The predicted molar refractivity (Wildman–Crippen MR) is 132 cm³/mol. The molecule has 0 amide bonds. The molecular formula is C22H30ClIN4O2. The minimum absolute atomic E-state index is 0. The van der Waals surface area contributed by atoms with E-state index < -0.39 is 0 Å². The maximum absolute atomic E-state index is 6.02. The third-order valence-corrected chi connectivity index (χ3v) is 5.05. The first kappa shape index (κ1) is 24.8. The van der Waals surface area contributed by atoms with E-state index in [9.17, 15) is 0 Å². The van der Waals surface area contributed by atoms with Crippen molar-refractivity contribution in [3.8, 4) is 0 Å². The molecular weight excluding hydrogens is 515 g/mol. The van der Waals surface area contributed by atoms with Gasteiger partial charge in [0.2, 0.25) is 0 Å². The lowest BCUT2D eigenvalue weighted by atomic mass is 10.1. The van der Waals surface area contributed by atoms with Crippen molar-refractivity contribution < 1.29 is 9.47 Å². The molecule has 30 heavy (non-hydrogen) atoms. The summed E-state index contributed by atoms with van der Waals surface area (Å²) < 4.78 is 11.4. The van der Waals surface area contributed by atoms with E-state index in [0.717, 1.165) is 50.5 Å². The molecule has 0 bridgehead atoms. The van der Waals surface area contributed by atoms with E-state index in [4.69, 9.17) is 21.1 Å². The monoisotopic (exact) mass is 544 g/mol. The molecule has 1 aliphatic rings. The van der Waals surface area contributed by atoms with Gasteiger partial charge in [0.05, 0.1) is 12.7 Å². The Morgan fingerprint density at radius 3 is 2.70 bits per heavy atom. The Bertz CT molecular complexity index is 783. The van der Waals surface area contributed by atoms with Gasteiger partial charge in [0, 0.05) is 39.5 Å². The first-order valence-electron chi connectivity index (χ1n) is 10.0. The molecule has 2 aromatic rings. The van der Waals surface area contributed by atoms with E-state index >= 15 is 0 Å². The van der Waals surface area contributed by atoms with E-state index in [-0.39, 0.29) is 24.0 Å². The molecule has 1 aromatic heterocycles. The molecule has 1 aliphatic heterocycles. The maximum Gasteiger partial charge on any atom is 0.191 e. The van der Waals surface area contributed by atoms with Crippen LogP contribution < -0.4 is 10.6 Å². The lowest BCUT2D eigenvalue weighted by Crippen LogP contribution is -2.37. The quantitative estimate of drug-likeness (QED) is 0.228. The topological polar surface area (TPSA) is 67.8 Å². The van der Waals surface area contributed by atoms with Crippen molar-refractivity contribution in [1.82, 2.24) is 15.6 Å². The van der Waals surface area contributed by atoms with Gasteiger partial charge in [0.1, 0.15) is 5.15 Å². The molecule has 164 valence electrons. The van der Waals surface area contributed by atoms with E-state index in [2.05, 4.69) is 44.9 Å². The maximum atomic E-state index is 6.02. The molecule has 0 spiro atoms. The van der Waals surface area contributed by atoms with Crippen LogP contribution in [-0.4, -0.2) is 43.9 Å². The Kier molecular flexibility index (Phi) is 11.4. The van der Waals surface area contributed by atoms with Gasteiger partial charge in [0.25, 0.3) is 0 Å². The molecule has 0 saturated carbocycles. The lowest BCUT2D eigenvalue weighted by molar-refractivity contribution is -0.0390. The molecule has 2 heterocycles. The Balaban J connectivity index is 0.00000320. The zero-order valence-electron chi connectivity index (χ0n) is 17.3. The zero-order valence-corrected chi connectivity index (χ0v) is 20.4. The van der Waals surface area contributed by atoms with Gasteiger partial charge in [-0.3, -0.25) is 4.99 Å². The van der Waals surface area contributed by atoms with E-state index in [1.807, 2.05) is 12.1 Å². The summed E-state index contributed by atoms with van der Waals surface area (Å²) in [5.74, 6) is 0.774. The highest BCUT2D eigenvalue weighted by Gasteiger charge is 2.14. The van der Waals surface area contributed by atoms with Gasteiger partial charge in [-0.1, -0.05) is 41.9 Å². The van der Waals surface area contributed by atoms with E-state index in [0.29, 0.717) is 24.4 Å². The summed E-state index contributed by atoms with van der Waals surface area (Å²) in [5, 5.41) is 7.20. The molecule has 0 radical (unpaired) electrons. The number of rotatable bonds is 8. The molecule has 1 aromatic carbocycles. The van der Waals surface area contributed by atoms with Crippen LogP contribution in [0.4, 0.5) is 0 Å². The third kappa shape index (κ3) is 8.75. The molecule has 0 aliphatic carbocycles. The number of guanidine groups is 1. The number of nitrogens with zero attached hydrogens (tertiary/aromatic N) is 2. The zero-order chi connectivity index (χ0) is 20.3. The Morgan fingerprint density at radius 1 is 1.17 bits per heavy atom. The summed E-state index contributed by atoms with van der Waals surface area (Å²) in [4.78, 5) is 8.39. The van der Waals surface area contributed by atoms with Crippen molar-refractivity contribution in [2.75, 3.05) is 26.8 Å². The highest BCUT2D eigenvalue weighted by atomic mass is 127. The van der Waals surface area contributed by atoms with Crippen LogP contribution in [-0.2, 0) is 29.0 Å². The first-order chi connectivity index (χ1) is 14.2. The number of nitrogens with one attached hydrogen (secondary N) is 2. The fourth-order valence-corrected chi connectivity index (χ4v) is 3.28. The Morgan fingerprint density at radius 2 is 1.97 bits per heavy atom. The minimum Gasteiger partial charge on any atom is -0.381 e. The van der Waals surface area contributed by atoms with Crippen molar-refractivity contribution in [3.05, 3.63) is 64.4 Å². The second-order valence-electron chi connectivity index (χ2n) is 7.03. The van der Waals surface area contributed by atoms with Crippen LogP contribution in [0.25, 0.3) is 0 Å². The minimum atomic E-state index is 0. The standard InChI is InChI=1S/C22H29ClN4O2.HI/c1-24-22(25-10-7-17-5-6-21(23)26-14-17)27-15-18-3-2-4-19(13-18)16-29-20-8-11-28-12-9-20;/h2-6,13-14,20H,7-12,15-16H2,1H3,(H2,24,25,27);1H. The van der Waals surface area contributed by atoms with Gasteiger partial charge in [-0.2, -0.15) is 0 Å². The van der Waals surface area contributed by atoms with E-state index in [1.165, 1.54) is 11.1 Å². The van der Waals surface area contributed by atoms with Gasteiger partial charge in [-0.15, -0.1) is 24.0 Å². The largest absolute Gasteiger partial charge is 0.381 e. The van der Waals surface area contributed by atoms with Crippen LogP contribution in [0.2, 0.25) is 5.15 Å². The Hall–Kier alpha value is -1.42. The van der Waals surface area contributed by atoms with Crippen molar-refractivity contribution in [3.63, 3.8) is 0 Å². The fourth-order valence-electron chi connectivity index (χ4n) is 3.17. The highest BCUT2D eigenvalue weighted by Crippen LogP contribution is 2.14. The number of benzene rings is 1. The summed E-state index contributed by atoms with van der Waals surface area (Å²) in [6, 6.07) is 12.3. The molecule has 0 atom stereocenters. The fraction of sp³-hybridized carbons (Fsp3) is 0.455. The number of hydrogen-bond acceptors (Lipinski definition) is 4. The molecule has 0 unspecified atom stereocenters. The average molecular weight is 545 g/mol. The molecule has 3 rings (SSSR count). The number of halogens is 2. The number of ether oxygens (including phenoxy) is 2. The van der Waals surface area contributed by atoms with Crippen LogP contribution in [0.5, 0.6) is 0 Å². The van der Waals surface area contributed by atoms with Crippen molar-refractivity contribution in [2.45, 2.75) is 38.5 Å². The van der Waals surface area contributed by atoms with Crippen LogP contribution in [0.1, 0.15) is 29.5 Å². The summed E-state index contributed by atoms with van der Waals surface area (Å²) in [6.45, 7) is 3.71. The van der Waals surface area contributed by atoms with Crippen molar-refractivity contribution in [2.24, 2.45) is 4.99 Å². The average Bonchev–Trinajstić information content (AvgIpc) is 2.77. The normalized spacial score (nSPS) is 14.8. The SMILES string of the molecule is CN=C(NCCc1ccc(Cl)nc1)NCc1cccc(COC2CCOCC2)c1.I. The van der Waals surface area contributed by atoms with Crippen LogP contribution in [0.3, 0.4) is 0 Å². The predicted octanol–water partition coefficient (Wildman–Crippen LogP) is 3.96. The van der Waals surface area contributed by atoms with Crippen LogP contribution in [0, 0.1) is 0 Å². The molecule has 8 heteroatoms. The second-order valence-corrected chi connectivity index (χ2v) is 7.42. The Labute approximate surface area is 200 Å². The van der Waals surface area contributed by atoms with Crippen molar-refractivity contribution >= 4 is 41.5 Å². The van der Waals surface area contributed by atoms with Gasteiger partial charge in [0.15, 0.2) is 5.96 Å². The van der Waals surface area contributed by atoms with Crippen molar-refractivity contribution in [1.29, 1.82) is 0 Å². The molecule has 6 nitrogen and oxygen atoms in total. The smallest absolute Gasteiger partial charge is 0.191 e. The third-order valence-electron chi connectivity index (χ3n) is 4.82. The summed E-state index contributed by atoms with van der Waals surface area (Å²) >= 11 is 5.82. The first-order valence-corrected chi connectivity index (χ1v) is 10.4. The summed E-state index contributed by atoms with van der Waals surface area (Å²) in [7, 11) is 1.78. The van der Waals surface area contributed by atoms with E-state index in [1.54, 1.807) is 13.2 Å². The van der Waals surface area contributed by atoms with Gasteiger partial charge < -0.3 is 20.1 Å².